The summed E-state index contributed by atoms with van der Waals surface area (Å²) in [6.07, 6.45) is 2.16. The standard InChI is InChI=1S/C14H21N3O4S/c1-2-17-7-3-4-11(17)9-15-14(19)12-8-10(16-22(20)21)5-6-13(12)18/h5-6,8,11,18,22H,2-4,7,9H2,1H3,(H,15,19)(H,16,20,21). The number of phenols is 1. The highest BCUT2D eigenvalue weighted by Crippen LogP contribution is 2.22. The maximum absolute atomic E-state index is 12.2. The number of rotatable bonds is 6. The van der Waals surface area contributed by atoms with Gasteiger partial charge in [-0.2, -0.15) is 0 Å². The van der Waals surface area contributed by atoms with E-state index in [0.29, 0.717) is 12.6 Å². The van der Waals surface area contributed by atoms with Crippen LogP contribution >= 0.6 is 0 Å². The number of nitrogens with one attached hydrogen (secondary N) is 2. The number of benzene rings is 1. The summed E-state index contributed by atoms with van der Waals surface area (Å²) in [7, 11) is -2.81. The van der Waals surface area contributed by atoms with Crippen LogP contribution in [0.3, 0.4) is 0 Å². The Morgan fingerprint density at radius 3 is 2.91 bits per heavy atom. The number of aromatic hydroxyl groups is 1. The number of carbonyl (C=O) groups is 1. The normalized spacial score (nSPS) is 18.5. The predicted octanol–water partition coefficient (Wildman–Crippen LogP) is 0.545. The summed E-state index contributed by atoms with van der Waals surface area (Å²) < 4.78 is 23.5. The zero-order valence-corrected chi connectivity index (χ0v) is 13.3. The minimum absolute atomic E-state index is 0.0582. The molecule has 1 fully saturated rings. The van der Waals surface area contributed by atoms with Gasteiger partial charge >= 0.3 is 0 Å². The van der Waals surface area contributed by atoms with Crippen LogP contribution in [0.2, 0.25) is 0 Å². The summed E-state index contributed by atoms with van der Waals surface area (Å²) >= 11 is 0. The van der Waals surface area contributed by atoms with Crippen LogP contribution in [0.4, 0.5) is 5.69 Å². The Morgan fingerprint density at radius 1 is 1.45 bits per heavy atom. The lowest BCUT2D eigenvalue weighted by Crippen LogP contribution is -2.40. The zero-order valence-electron chi connectivity index (χ0n) is 12.4. The van der Waals surface area contributed by atoms with Crippen molar-refractivity contribution in [2.75, 3.05) is 24.4 Å². The zero-order chi connectivity index (χ0) is 16.1. The molecule has 22 heavy (non-hydrogen) atoms. The van der Waals surface area contributed by atoms with E-state index < -0.39 is 16.8 Å². The van der Waals surface area contributed by atoms with Crippen molar-refractivity contribution < 1.29 is 18.3 Å². The molecule has 1 unspecified atom stereocenters. The van der Waals surface area contributed by atoms with Gasteiger partial charge in [-0.25, -0.2) is 8.42 Å². The van der Waals surface area contributed by atoms with Gasteiger partial charge in [-0.05, 0) is 44.1 Å². The van der Waals surface area contributed by atoms with Crippen LogP contribution in [-0.4, -0.2) is 50.0 Å². The average Bonchev–Trinajstić information content (AvgIpc) is 2.93. The first-order valence-corrected chi connectivity index (χ1v) is 8.45. The Bertz CT molecular complexity index is 610. The molecule has 1 saturated heterocycles. The maximum atomic E-state index is 12.2. The lowest BCUT2D eigenvalue weighted by atomic mass is 10.1. The smallest absolute Gasteiger partial charge is 0.255 e. The molecule has 0 spiro atoms. The molecule has 122 valence electrons. The summed E-state index contributed by atoms with van der Waals surface area (Å²) in [4.78, 5) is 14.5. The number of phenolic OH excluding ortho intramolecular Hbond substituents is 1. The summed E-state index contributed by atoms with van der Waals surface area (Å²) in [5, 5.41) is 12.6. The SMILES string of the molecule is CCN1CCCC1CNC(=O)c1cc(N[SH](=O)=O)ccc1O. The largest absolute Gasteiger partial charge is 0.507 e. The first-order chi connectivity index (χ1) is 10.5. The molecule has 1 atom stereocenters. The van der Waals surface area contributed by atoms with Gasteiger partial charge in [-0.3, -0.25) is 14.4 Å². The van der Waals surface area contributed by atoms with Crippen molar-refractivity contribution in [1.82, 2.24) is 10.2 Å². The molecule has 0 radical (unpaired) electrons. The minimum Gasteiger partial charge on any atom is -0.507 e. The van der Waals surface area contributed by atoms with E-state index in [2.05, 4.69) is 21.9 Å². The van der Waals surface area contributed by atoms with E-state index in [4.69, 9.17) is 0 Å². The lowest BCUT2D eigenvalue weighted by Gasteiger charge is -2.23. The number of hydrogen-bond acceptors (Lipinski definition) is 5. The fraction of sp³-hybridized carbons (Fsp3) is 0.500. The molecule has 0 aliphatic carbocycles. The number of amides is 1. The predicted molar refractivity (Wildman–Crippen MR) is 84.6 cm³/mol. The van der Waals surface area contributed by atoms with Crippen molar-refractivity contribution >= 4 is 22.5 Å². The van der Waals surface area contributed by atoms with Gasteiger partial charge in [-0.15, -0.1) is 0 Å². The van der Waals surface area contributed by atoms with Crippen molar-refractivity contribution in [3.8, 4) is 5.75 Å². The Kier molecular flexibility index (Phi) is 5.62. The van der Waals surface area contributed by atoms with Crippen LogP contribution in [-0.2, 0) is 10.9 Å². The van der Waals surface area contributed by atoms with Crippen molar-refractivity contribution in [1.29, 1.82) is 0 Å². The summed E-state index contributed by atoms with van der Waals surface area (Å²) in [6.45, 7) is 4.59. The molecular formula is C14H21N3O4S. The van der Waals surface area contributed by atoms with E-state index in [1.165, 1.54) is 18.2 Å². The van der Waals surface area contributed by atoms with Crippen LogP contribution in [0.1, 0.15) is 30.1 Å². The van der Waals surface area contributed by atoms with Gasteiger partial charge in [0.25, 0.3) is 5.91 Å². The van der Waals surface area contributed by atoms with Gasteiger partial charge in [0.15, 0.2) is 0 Å². The van der Waals surface area contributed by atoms with Gasteiger partial charge in [0.05, 0.1) is 5.56 Å². The molecule has 3 N–H and O–H groups in total. The highest BCUT2D eigenvalue weighted by molar-refractivity contribution is 7.73. The Morgan fingerprint density at radius 2 is 2.23 bits per heavy atom. The van der Waals surface area contributed by atoms with Gasteiger partial charge in [0, 0.05) is 18.3 Å². The van der Waals surface area contributed by atoms with E-state index in [1.807, 2.05) is 0 Å². The van der Waals surface area contributed by atoms with Crippen LogP contribution in [0.25, 0.3) is 0 Å². The van der Waals surface area contributed by atoms with E-state index in [-0.39, 0.29) is 17.0 Å². The summed E-state index contributed by atoms with van der Waals surface area (Å²) in [5.74, 6) is -0.590. The highest BCUT2D eigenvalue weighted by Gasteiger charge is 2.23. The second kappa shape index (κ2) is 7.46. The minimum atomic E-state index is -2.81. The Hall–Kier alpha value is -1.80. The van der Waals surface area contributed by atoms with Crippen molar-refractivity contribution in [3.63, 3.8) is 0 Å². The molecule has 1 aliphatic heterocycles. The molecule has 1 aliphatic rings. The molecular weight excluding hydrogens is 306 g/mol. The van der Waals surface area contributed by atoms with Crippen molar-refractivity contribution in [2.45, 2.75) is 25.8 Å². The quantitative estimate of drug-likeness (QED) is 0.452. The number of hydrogen-bond donors (Lipinski definition) is 4. The number of thiol groups is 1. The third-order valence-corrected chi connectivity index (χ3v) is 4.31. The first kappa shape index (κ1) is 16.6. The van der Waals surface area contributed by atoms with Gasteiger partial charge in [0.1, 0.15) is 5.75 Å². The van der Waals surface area contributed by atoms with E-state index in [9.17, 15) is 18.3 Å². The molecule has 8 heteroatoms. The number of carbonyl (C=O) groups excluding carboxylic acids is 1. The van der Waals surface area contributed by atoms with Crippen LogP contribution in [0, 0.1) is 0 Å². The van der Waals surface area contributed by atoms with Crippen LogP contribution in [0.15, 0.2) is 18.2 Å². The number of nitrogens with zero attached hydrogens (tertiary/aromatic N) is 1. The highest BCUT2D eigenvalue weighted by atomic mass is 32.2. The number of likely N-dealkylation sites (N-methyl/N-ethyl adjacent to an activating group) is 1. The van der Waals surface area contributed by atoms with Crippen molar-refractivity contribution in [3.05, 3.63) is 23.8 Å². The number of likely N-dealkylation sites (tertiary alicyclic amines) is 1. The third kappa shape index (κ3) is 4.11. The monoisotopic (exact) mass is 327 g/mol. The third-order valence-electron chi connectivity index (χ3n) is 3.87. The summed E-state index contributed by atoms with van der Waals surface area (Å²) in [6, 6.07) is 4.33. The molecule has 1 heterocycles. The van der Waals surface area contributed by atoms with E-state index >= 15 is 0 Å². The fourth-order valence-electron chi connectivity index (χ4n) is 2.74. The van der Waals surface area contributed by atoms with Gasteiger partial charge in [0.2, 0.25) is 10.9 Å². The second-order valence-corrected chi connectivity index (χ2v) is 5.97. The molecule has 7 nitrogen and oxygen atoms in total. The Balaban J connectivity index is 2.02. The molecule has 1 aromatic carbocycles. The van der Waals surface area contributed by atoms with Gasteiger partial charge in [-0.1, -0.05) is 6.92 Å². The lowest BCUT2D eigenvalue weighted by molar-refractivity contribution is 0.0938. The van der Waals surface area contributed by atoms with Crippen LogP contribution in [0.5, 0.6) is 5.75 Å². The topological polar surface area (TPSA) is 98.7 Å². The van der Waals surface area contributed by atoms with Crippen molar-refractivity contribution in [2.24, 2.45) is 0 Å². The average molecular weight is 327 g/mol. The van der Waals surface area contributed by atoms with E-state index in [1.54, 1.807) is 0 Å². The van der Waals surface area contributed by atoms with Crippen LogP contribution < -0.4 is 10.0 Å². The molecule has 2 rings (SSSR count). The molecule has 1 amide bonds. The molecule has 0 saturated carbocycles. The Labute approximate surface area is 131 Å². The summed E-state index contributed by atoms with van der Waals surface area (Å²) in [5.41, 5.74) is 0.304. The molecule has 1 aromatic rings. The molecule has 0 aromatic heterocycles. The van der Waals surface area contributed by atoms with Gasteiger partial charge < -0.3 is 10.4 Å². The molecule has 0 bridgehead atoms. The second-order valence-electron chi connectivity index (χ2n) is 5.24. The first-order valence-electron chi connectivity index (χ1n) is 7.27. The maximum Gasteiger partial charge on any atom is 0.255 e. The fourth-order valence-corrected chi connectivity index (χ4v) is 3.09. The van der Waals surface area contributed by atoms with E-state index in [0.717, 1.165) is 25.9 Å². The number of anilines is 1.